The Hall–Kier alpha value is -1.76. The van der Waals surface area contributed by atoms with Crippen molar-refractivity contribution in [2.24, 2.45) is 13.0 Å². The summed E-state index contributed by atoms with van der Waals surface area (Å²) < 4.78 is 8.00. The van der Waals surface area contributed by atoms with Gasteiger partial charge in [-0.25, -0.2) is 0 Å². The highest BCUT2D eigenvalue weighted by Gasteiger charge is 2.49. The lowest BCUT2D eigenvalue weighted by Crippen LogP contribution is -2.71. The van der Waals surface area contributed by atoms with E-state index in [1.165, 1.54) is 18.5 Å². The van der Waals surface area contributed by atoms with Gasteiger partial charge in [-0.15, -0.1) is 0 Å². The van der Waals surface area contributed by atoms with Crippen LogP contribution in [-0.4, -0.2) is 63.4 Å². The van der Waals surface area contributed by atoms with Gasteiger partial charge in [0.2, 0.25) is 0 Å². The fourth-order valence-electron chi connectivity index (χ4n) is 4.67. The summed E-state index contributed by atoms with van der Waals surface area (Å²) in [4.78, 5) is 9.46. The molecule has 0 aliphatic carbocycles. The molecule has 1 unspecified atom stereocenters. The van der Waals surface area contributed by atoms with E-state index in [4.69, 9.17) is 4.74 Å². The molecule has 146 valence electrons. The van der Waals surface area contributed by atoms with Crippen LogP contribution in [0.2, 0.25) is 0 Å². The molecule has 2 fully saturated rings. The quantitative estimate of drug-likeness (QED) is 0.781. The van der Waals surface area contributed by atoms with Crippen molar-refractivity contribution in [2.45, 2.75) is 38.5 Å². The first-order valence-corrected chi connectivity index (χ1v) is 9.95. The van der Waals surface area contributed by atoms with Gasteiger partial charge in [0.15, 0.2) is 0 Å². The predicted octanol–water partition coefficient (Wildman–Crippen LogP) is 2.24. The third-order valence-corrected chi connectivity index (χ3v) is 6.20. The molecule has 0 aromatic carbocycles. The van der Waals surface area contributed by atoms with E-state index >= 15 is 0 Å². The monoisotopic (exact) mass is 369 g/mol. The Morgan fingerprint density at radius 1 is 1.26 bits per heavy atom. The minimum atomic E-state index is 0.324. The number of ether oxygens (including phenoxy) is 1. The second kappa shape index (κ2) is 7.70. The van der Waals surface area contributed by atoms with E-state index in [0.29, 0.717) is 18.1 Å². The number of aryl methyl sites for hydroxylation is 2. The summed E-state index contributed by atoms with van der Waals surface area (Å²) in [6, 6.07) is 8.19. The van der Waals surface area contributed by atoms with Crippen LogP contribution >= 0.6 is 0 Å². The van der Waals surface area contributed by atoms with Crippen molar-refractivity contribution in [2.75, 3.05) is 33.3 Å². The van der Waals surface area contributed by atoms with Gasteiger partial charge in [0.25, 0.3) is 0 Å². The van der Waals surface area contributed by atoms with Crippen LogP contribution in [0.5, 0.6) is 0 Å². The maximum atomic E-state index is 5.99. The van der Waals surface area contributed by atoms with Crippen molar-refractivity contribution in [3.63, 3.8) is 0 Å². The molecule has 2 saturated heterocycles. The number of likely N-dealkylation sites (tertiary alicyclic amines) is 2. The van der Waals surface area contributed by atoms with Crippen LogP contribution in [0.1, 0.15) is 29.9 Å². The highest BCUT2D eigenvalue weighted by atomic mass is 16.5. The van der Waals surface area contributed by atoms with Crippen LogP contribution in [-0.2, 0) is 24.9 Å². The van der Waals surface area contributed by atoms with E-state index < -0.39 is 0 Å². The van der Waals surface area contributed by atoms with Gasteiger partial charge in [-0.2, -0.15) is 5.10 Å². The van der Waals surface area contributed by atoms with Crippen LogP contribution in [0.15, 0.2) is 30.5 Å². The lowest BCUT2D eigenvalue weighted by atomic mass is 9.75. The third kappa shape index (κ3) is 4.08. The van der Waals surface area contributed by atoms with Crippen molar-refractivity contribution < 1.29 is 4.74 Å². The molecule has 0 N–H and O–H groups in total. The Labute approximate surface area is 162 Å². The van der Waals surface area contributed by atoms with E-state index in [-0.39, 0.29) is 0 Å². The molecule has 1 atom stereocenters. The summed E-state index contributed by atoms with van der Waals surface area (Å²) in [5, 5.41) is 4.47. The lowest BCUT2D eigenvalue weighted by molar-refractivity contribution is -0.0942. The van der Waals surface area contributed by atoms with Gasteiger partial charge < -0.3 is 4.74 Å². The maximum absolute atomic E-state index is 5.99. The second-order valence-corrected chi connectivity index (χ2v) is 8.39. The van der Waals surface area contributed by atoms with Gasteiger partial charge in [-0.1, -0.05) is 6.07 Å². The summed E-state index contributed by atoms with van der Waals surface area (Å²) >= 11 is 0. The summed E-state index contributed by atoms with van der Waals surface area (Å²) in [6.45, 7) is 7.96. The average Bonchev–Trinajstić information content (AvgIpc) is 2.94. The Bertz CT molecular complexity index is 753. The van der Waals surface area contributed by atoms with Gasteiger partial charge in [0.05, 0.1) is 30.3 Å². The molecule has 4 rings (SSSR count). The number of rotatable bonds is 6. The first kappa shape index (κ1) is 18.6. The SMILES string of the molecule is Cc1cc(CN2CC3(CC(COCc4ccccn4)CCN3C)C2)n(C)n1. The molecule has 2 aliphatic heterocycles. The van der Waals surface area contributed by atoms with Gasteiger partial charge in [-0.3, -0.25) is 19.5 Å². The summed E-state index contributed by atoms with van der Waals surface area (Å²) in [6.07, 6.45) is 4.28. The fourth-order valence-corrected chi connectivity index (χ4v) is 4.67. The molecule has 6 nitrogen and oxygen atoms in total. The number of aromatic nitrogens is 3. The van der Waals surface area contributed by atoms with E-state index in [2.05, 4.69) is 39.9 Å². The zero-order valence-electron chi connectivity index (χ0n) is 16.8. The van der Waals surface area contributed by atoms with Gasteiger partial charge in [0, 0.05) is 38.4 Å². The van der Waals surface area contributed by atoms with Crippen molar-refractivity contribution >= 4 is 0 Å². The van der Waals surface area contributed by atoms with Crippen LogP contribution in [0.3, 0.4) is 0 Å². The van der Waals surface area contributed by atoms with Gasteiger partial charge >= 0.3 is 0 Å². The third-order valence-electron chi connectivity index (χ3n) is 6.20. The summed E-state index contributed by atoms with van der Waals surface area (Å²) in [5.74, 6) is 0.644. The smallest absolute Gasteiger partial charge is 0.0887 e. The minimum absolute atomic E-state index is 0.324. The topological polar surface area (TPSA) is 46.4 Å². The lowest BCUT2D eigenvalue weighted by Gasteiger charge is -2.58. The molecular weight excluding hydrogens is 338 g/mol. The molecule has 0 bridgehead atoms. The molecule has 2 aliphatic rings. The molecule has 6 heteroatoms. The first-order valence-electron chi connectivity index (χ1n) is 9.95. The Balaban J connectivity index is 1.27. The van der Waals surface area contributed by atoms with Crippen LogP contribution in [0.4, 0.5) is 0 Å². The van der Waals surface area contributed by atoms with E-state index in [1.54, 1.807) is 0 Å². The molecule has 27 heavy (non-hydrogen) atoms. The molecule has 4 heterocycles. The Morgan fingerprint density at radius 3 is 2.81 bits per heavy atom. The van der Waals surface area contributed by atoms with E-state index in [0.717, 1.165) is 44.2 Å². The zero-order valence-corrected chi connectivity index (χ0v) is 16.8. The highest BCUT2D eigenvalue weighted by molar-refractivity contribution is 5.12. The zero-order chi connectivity index (χ0) is 18.9. The van der Waals surface area contributed by atoms with Gasteiger partial charge in [0.1, 0.15) is 0 Å². The molecule has 2 aromatic rings. The van der Waals surface area contributed by atoms with Crippen molar-refractivity contribution in [1.82, 2.24) is 24.6 Å². The number of nitrogens with zero attached hydrogens (tertiary/aromatic N) is 5. The summed E-state index contributed by atoms with van der Waals surface area (Å²) in [7, 11) is 4.33. The van der Waals surface area contributed by atoms with E-state index in [9.17, 15) is 0 Å². The summed E-state index contributed by atoms with van der Waals surface area (Å²) in [5.41, 5.74) is 3.74. The van der Waals surface area contributed by atoms with Crippen LogP contribution in [0, 0.1) is 12.8 Å². The largest absolute Gasteiger partial charge is 0.375 e. The second-order valence-electron chi connectivity index (χ2n) is 8.39. The average molecular weight is 370 g/mol. The number of piperidine rings is 1. The Morgan fingerprint density at radius 2 is 2.11 bits per heavy atom. The number of pyridine rings is 1. The predicted molar refractivity (Wildman–Crippen MR) is 105 cm³/mol. The van der Waals surface area contributed by atoms with Crippen molar-refractivity contribution in [3.8, 4) is 0 Å². The van der Waals surface area contributed by atoms with Crippen LogP contribution in [0.25, 0.3) is 0 Å². The maximum Gasteiger partial charge on any atom is 0.0887 e. The minimum Gasteiger partial charge on any atom is -0.375 e. The van der Waals surface area contributed by atoms with Gasteiger partial charge in [-0.05, 0) is 57.5 Å². The number of hydrogen-bond donors (Lipinski definition) is 0. The molecule has 2 aromatic heterocycles. The molecule has 0 radical (unpaired) electrons. The first-order chi connectivity index (χ1) is 13.0. The molecule has 1 spiro atoms. The van der Waals surface area contributed by atoms with Crippen molar-refractivity contribution in [3.05, 3.63) is 47.5 Å². The van der Waals surface area contributed by atoms with E-state index in [1.807, 2.05) is 36.1 Å². The Kier molecular flexibility index (Phi) is 5.30. The molecular formula is C21H31N5O. The number of likely N-dealkylation sites (N-methyl/N-ethyl adjacent to an activating group) is 1. The van der Waals surface area contributed by atoms with Crippen molar-refractivity contribution in [1.29, 1.82) is 0 Å². The fraction of sp³-hybridized carbons (Fsp3) is 0.619. The number of hydrogen-bond acceptors (Lipinski definition) is 5. The normalized spacial score (nSPS) is 22.9. The standard InChI is InChI=1S/C21H31N5O/c1-17-10-20(25(3)23-17)12-26-15-21(16-26)11-18(7-9-24(21)2)13-27-14-19-6-4-5-8-22-19/h4-6,8,10,18H,7,9,11-16H2,1-3H3. The van der Waals surface area contributed by atoms with Crippen LogP contribution < -0.4 is 0 Å². The molecule has 0 amide bonds. The highest BCUT2D eigenvalue weighted by Crippen LogP contribution is 2.39. The molecule has 0 saturated carbocycles.